The predicted molar refractivity (Wildman–Crippen MR) is 67.2 cm³/mol. The number of aryl methyl sites for hydroxylation is 1. The van der Waals surface area contributed by atoms with E-state index in [1.165, 1.54) is 11.3 Å². The lowest BCUT2D eigenvalue weighted by molar-refractivity contribution is 0.183. The topological polar surface area (TPSA) is 45.6 Å². The van der Waals surface area contributed by atoms with E-state index in [1.54, 1.807) is 14.0 Å². The van der Waals surface area contributed by atoms with E-state index in [1.807, 2.05) is 14.0 Å². The third-order valence-corrected chi connectivity index (χ3v) is 3.99. The first-order chi connectivity index (χ1) is 7.47. The van der Waals surface area contributed by atoms with Gasteiger partial charge in [-0.25, -0.2) is 4.98 Å². The van der Waals surface area contributed by atoms with E-state index in [2.05, 4.69) is 16.8 Å². The van der Waals surface area contributed by atoms with Gasteiger partial charge in [-0.3, -0.25) is 0 Å². The van der Waals surface area contributed by atoms with Crippen molar-refractivity contribution in [2.45, 2.75) is 32.9 Å². The Morgan fingerprint density at radius 2 is 2.12 bits per heavy atom. The average molecular weight is 244 g/mol. The Bertz CT molecular complexity index is 339. The molecule has 16 heavy (non-hydrogen) atoms. The van der Waals surface area contributed by atoms with Crippen LogP contribution in [-0.2, 0) is 4.74 Å². The Morgan fingerprint density at radius 3 is 2.56 bits per heavy atom. The molecule has 1 rings (SSSR count). The van der Waals surface area contributed by atoms with E-state index in [0.29, 0.717) is 6.61 Å². The van der Waals surface area contributed by atoms with Gasteiger partial charge in [0.15, 0.2) is 5.13 Å². The number of methoxy groups -OCH3 is 1. The van der Waals surface area contributed by atoms with Crippen LogP contribution in [0.1, 0.15) is 30.5 Å². The van der Waals surface area contributed by atoms with E-state index >= 15 is 0 Å². The summed E-state index contributed by atoms with van der Waals surface area (Å²) in [6.07, 6.45) is -0.447. The van der Waals surface area contributed by atoms with Crippen LogP contribution in [0.25, 0.3) is 0 Å². The summed E-state index contributed by atoms with van der Waals surface area (Å²) >= 11 is 1.54. The minimum atomic E-state index is -0.447. The zero-order chi connectivity index (χ0) is 12.3. The third kappa shape index (κ3) is 2.93. The largest absolute Gasteiger partial charge is 0.388 e. The molecule has 1 aromatic heterocycles. The monoisotopic (exact) mass is 244 g/mol. The van der Waals surface area contributed by atoms with Gasteiger partial charge in [0.05, 0.1) is 29.3 Å². The third-order valence-electron chi connectivity index (χ3n) is 2.57. The van der Waals surface area contributed by atoms with E-state index in [4.69, 9.17) is 4.74 Å². The van der Waals surface area contributed by atoms with Gasteiger partial charge < -0.3 is 14.7 Å². The molecule has 0 aliphatic carbocycles. The number of aliphatic hydroxyl groups is 1. The smallest absolute Gasteiger partial charge is 0.185 e. The predicted octanol–water partition coefficient (Wildman–Crippen LogP) is 1.98. The van der Waals surface area contributed by atoms with Crippen molar-refractivity contribution in [1.29, 1.82) is 0 Å². The molecule has 0 radical (unpaired) electrons. The second kappa shape index (κ2) is 5.61. The summed E-state index contributed by atoms with van der Waals surface area (Å²) in [6, 6.07) is 0.275. The van der Waals surface area contributed by atoms with Gasteiger partial charge in [-0.05, 0) is 20.8 Å². The summed E-state index contributed by atoms with van der Waals surface area (Å²) in [5.74, 6) is 0. The minimum Gasteiger partial charge on any atom is -0.388 e. The van der Waals surface area contributed by atoms with Crippen molar-refractivity contribution in [3.8, 4) is 0 Å². The van der Waals surface area contributed by atoms with Crippen LogP contribution < -0.4 is 4.90 Å². The van der Waals surface area contributed by atoms with Crippen LogP contribution in [0.3, 0.4) is 0 Å². The van der Waals surface area contributed by atoms with Crippen LogP contribution in [0.4, 0.5) is 5.13 Å². The Labute approximate surface area is 101 Å². The van der Waals surface area contributed by atoms with Gasteiger partial charge in [0, 0.05) is 14.2 Å². The van der Waals surface area contributed by atoms with Crippen LogP contribution in [0.2, 0.25) is 0 Å². The number of nitrogens with zero attached hydrogens (tertiary/aromatic N) is 2. The first-order valence-corrected chi connectivity index (χ1v) is 6.16. The second-order valence-electron chi connectivity index (χ2n) is 4.04. The van der Waals surface area contributed by atoms with Crippen LogP contribution in [-0.4, -0.2) is 36.9 Å². The maximum atomic E-state index is 9.57. The molecule has 0 saturated carbocycles. The number of anilines is 1. The van der Waals surface area contributed by atoms with E-state index in [9.17, 15) is 5.11 Å². The number of ether oxygens (including phenoxy) is 1. The fraction of sp³-hybridized carbons (Fsp3) is 0.727. The summed E-state index contributed by atoms with van der Waals surface area (Å²) in [7, 11) is 3.69. The standard InChI is InChI=1S/C11H20N2O2S/c1-7(6-15-5)13(4)11-12-8(2)10(16-11)9(3)14/h7,9,14H,6H2,1-5H3. The van der Waals surface area contributed by atoms with Crippen molar-refractivity contribution in [3.63, 3.8) is 0 Å². The Kier molecular flexibility index (Phi) is 4.70. The molecule has 1 N–H and O–H groups in total. The van der Waals surface area contributed by atoms with E-state index in [0.717, 1.165) is 15.7 Å². The molecule has 4 nitrogen and oxygen atoms in total. The molecule has 0 bridgehead atoms. The van der Waals surface area contributed by atoms with Gasteiger partial charge in [-0.15, -0.1) is 0 Å². The number of aliphatic hydroxyl groups excluding tert-OH is 1. The molecule has 1 heterocycles. The number of aromatic nitrogens is 1. The van der Waals surface area contributed by atoms with Crippen molar-refractivity contribution in [1.82, 2.24) is 4.98 Å². The van der Waals surface area contributed by atoms with Crippen LogP contribution in [0, 0.1) is 6.92 Å². The molecule has 0 spiro atoms. The lowest BCUT2D eigenvalue weighted by atomic mass is 10.3. The summed E-state index contributed by atoms with van der Waals surface area (Å²) in [4.78, 5) is 7.48. The van der Waals surface area contributed by atoms with Gasteiger partial charge in [0.25, 0.3) is 0 Å². The van der Waals surface area contributed by atoms with Crippen molar-refractivity contribution in [3.05, 3.63) is 10.6 Å². The van der Waals surface area contributed by atoms with Crippen LogP contribution >= 0.6 is 11.3 Å². The Morgan fingerprint density at radius 1 is 1.50 bits per heavy atom. The molecular weight excluding hydrogens is 224 g/mol. The summed E-state index contributed by atoms with van der Waals surface area (Å²) in [6.45, 7) is 6.45. The number of thiazole rings is 1. The fourth-order valence-electron chi connectivity index (χ4n) is 1.47. The molecule has 0 fully saturated rings. The minimum absolute atomic E-state index is 0.275. The summed E-state index contributed by atoms with van der Waals surface area (Å²) in [5, 5.41) is 10.5. The normalized spacial score (nSPS) is 14.9. The number of hydrogen-bond donors (Lipinski definition) is 1. The molecule has 1 aromatic rings. The average Bonchev–Trinajstić information content (AvgIpc) is 2.59. The molecule has 5 heteroatoms. The zero-order valence-corrected chi connectivity index (χ0v) is 11.3. The molecular formula is C11H20N2O2S. The molecule has 0 aromatic carbocycles. The fourth-order valence-corrected chi connectivity index (χ4v) is 2.54. The second-order valence-corrected chi connectivity index (χ2v) is 5.05. The van der Waals surface area contributed by atoms with E-state index < -0.39 is 6.10 Å². The Balaban J connectivity index is 2.84. The van der Waals surface area contributed by atoms with Gasteiger partial charge >= 0.3 is 0 Å². The highest BCUT2D eigenvalue weighted by atomic mass is 32.1. The van der Waals surface area contributed by atoms with Crippen molar-refractivity contribution < 1.29 is 9.84 Å². The van der Waals surface area contributed by atoms with Gasteiger partial charge in [-0.1, -0.05) is 11.3 Å². The number of likely N-dealkylation sites (N-methyl/N-ethyl adjacent to an activating group) is 1. The quantitative estimate of drug-likeness (QED) is 0.860. The van der Waals surface area contributed by atoms with Crippen LogP contribution in [0.15, 0.2) is 0 Å². The maximum absolute atomic E-state index is 9.57. The van der Waals surface area contributed by atoms with Gasteiger partial charge in [-0.2, -0.15) is 0 Å². The van der Waals surface area contributed by atoms with Crippen LogP contribution in [0.5, 0.6) is 0 Å². The van der Waals surface area contributed by atoms with Crippen molar-refractivity contribution >= 4 is 16.5 Å². The molecule has 0 amide bonds. The zero-order valence-electron chi connectivity index (χ0n) is 10.5. The lowest BCUT2D eigenvalue weighted by Crippen LogP contribution is -2.32. The van der Waals surface area contributed by atoms with E-state index in [-0.39, 0.29) is 6.04 Å². The summed E-state index contributed by atoms with van der Waals surface area (Å²) in [5.41, 5.74) is 0.909. The highest BCUT2D eigenvalue weighted by Crippen LogP contribution is 2.30. The molecule has 0 aliphatic heterocycles. The maximum Gasteiger partial charge on any atom is 0.185 e. The highest BCUT2D eigenvalue weighted by molar-refractivity contribution is 7.15. The molecule has 0 aliphatic rings. The van der Waals surface area contributed by atoms with Crippen molar-refractivity contribution in [2.24, 2.45) is 0 Å². The first kappa shape index (κ1) is 13.4. The SMILES string of the molecule is COCC(C)N(C)c1nc(C)c(C(C)O)s1. The number of rotatable bonds is 5. The van der Waals surface area contributed by atoms with Gasteiger partial charge in [0.1, 0.15) is 0 Å². The molecule has 2 atom stereocenters. The molecule has 0 saturated heterocycles. The lowest BCUT2D eigenvalue weighted by Gasteiger charge is -2.23. The van der Waals surface area contributed by atoms with Crippen molar-refractivity contribution in [2.75, 3.05) is 25.7 Å². The molecule has 92 valence electrons. The number of hydrogen-bond acceptors (Lipinski definition) is 5. The Hall–Kier alpha value is -0.650. The summed E-state index contributed by atoms with van der Waals surface area (Å²) < 4.78 is 5.12. The first-order valence-electron chi connectivity index (χ1n) is 5.34. The van der Waals surface area contributed by atoms with Gasteiger partial charge in [0.2, 0.25) is 0 Å². The molecule has 2 unspecified atom stereocenters. The highest BCUT2D eigenvalue weighted by Gasteiger charge is 2.17.